The van der Waals surface area contributed by atoms with Crippen LogP contribution in [0.2, 0.25) is 0 Å². The molecule has 0 aromatic rings. The molecule has 0 heterocycles. The second-order valence-electron chi connectivity index (χ2n) is 6.59. The fourth-order valence-corrected chi connectivity index (χ4v) is 1.72. The molecule has 168 valence electrons. The van der Waals surface area contributed by atoms with Gasteiger partial charge in [0.2, 0.25) is 0 Å². The average Bonchev–Trinajstić information content (AvgIpc) is 2.46. The summed E-state index contributed by atoms with van der Waals surface area (Å²) in [6, 6.07) is 0. The molecule has 0 aliphatic heterocycles. The molecular formula is C22H38O4Y4-6. The van der Waals surface area contributed by atoms with Crippen LogP contribution in [0.5, 0.6) is 0 Å². The van der Waals surface area contributed by atoms with Gasteiger partial charge in [0.1, 0.15) is 5.78 Å². The van der Waals surface area contributed by atoms with E-state index in [4.69, 9.17) is 0 Å². The molecule has 0 saturated carbocycles. The first kappa shape index (κ1) is 63.7. The normalized spacial score (nSPS) is 7.70. The van der Waals surface area contributed by atoms with E-state index in [2.05, 4.69) is 13.2 Å². The third-order valence-corrected chi connectivity index (χ3v) is 2.58. The number of Topliss-reactive ketones (excluding diaryl/α,β-unsaturated/α-hetero) is 1. The van der Waals surface area contributed by atoms with Crippen molar-refractivity contribution in [1.29, 1.82) is 0 Å². The molecule has 0 aliphatic carbocycles. The summed E-state index contributed by atoms with van der Waals surface area (Å²) in [5.41, 5.74) is -0.0284. The number of rotatable bonds is 7. The van der Waals surface area contributed by atoms with E-state index in [0.29, 0.717) is 24.0 Å². The zero-order chi connectivity index (χ0) is 19.3. The van der Waals surface area contributed by atoms with Crippen molar-refractivity contribution in [2.75, 3.05) is 0 Å². The van der Waals surface area contributed by atoms with Gasteiger partial charge in [0.05, 0.1) is 0 Å². The Morgan fingerprint density at radius 3 is 1.13 bits per heavy atom. The summed E-state index contributed by atoms with van der Waals surface area (Å²) in [7, 11) is 0. The van der Waals surface area contributed by atoms with Crippen molar-refractivity contribution in [2.45, 2.75) is 61.3 Å². The van der Waals surface area contributed by atoms with Gasteiger partial charge in [0.15, 0.2) is 0 Å². The van der Waals surface area contributed by atoms with E-state index in [0.717, 1.165) is 0 Å². The Balaban J connectivity index is -0.0000000256. The number of carbonyl (C=O) groups excluding carboxylic acids is 4. The molecule has 30 heavy (non-hydrogen) atoms. The monoisotopic (exact) mass is 722 g/mol. The van der Waals surface area contributed by atoms with Gasteiger partial charge in [-0.05, 0) is 12.6 Å². The Kier molecular flexibility index (Phi) is 76.8. The minimum Gasteiger partial charge on any atom is -0.541 e. The predicted molar refractivity (Wildman–Crippen MR) is 113 cm³/mol. The number of allylic oxidation sites excluding steroid dienone is 2. The van der Waals surface area contributed by atoms with Crippen molar-refractivity contribution < 1.29 is 150 Å². The molecule has 0 N–H and O–H groups in total. The Bertz CT molecular complexity index is 428. The first-order chi connectivity index (χ1) is 10.3. The van der Waals surface area contributed by atoms with Crippen LogP contribution < -0.4 is 0 Å². The maximum atomic E-state index is 11.5. The van der Waals surface area contributed by atoms with Crippen LogP contribution in [0.1, 0.15) is 61.3 Å². The van der Waals surface area contributed by atoms with Crippen molar-refractivity contribution in [2.24, 2.45) is 10.8 Å². The zero-order valence-corrected chi connectivity index (χ0v) is 32.1. The maximum Gasteiger partial charge on any atom is 0.138 e. The molecule has 0 amide bonds. The van der Waals surface area contributed by atoms with Crippen LogP contribution in [0, 0.1) is 33.1 Å². The molecule has 4 radical (unpaired) electrons. The average molecular weight is 722 g/mol. The molecule has 0 atom stereocenters. The van der Waals surface area contributed by atoms with Gasteiger partial charge in [-0.3, -0.25) is 11.1 Å². The van der Waals surface area contributed by atoms with Gasteiger partial charge in [0.25, 0.3) is 0 Å². The standard InChI is InChI=1S/C11H19O2.2C4H5O.3CH3.4Y/c1-6-9(13)11(4,5)7-10(2,3)8-12;2*1-4(2)3-5;;;;;;;/h6-7H2,1-5H3;2*1H2,2H3;3*1H3;;;;/q6*-1;;;;. The smallest absolute Gasteiger partial charge is 0.138 e. The van der Waals surface area contributed by atoms with E-state index in [1.165, 1.54) is 0 Å². The summed E-state index contributed by atoms with van der Waals surface area (Å²) >= 11 is 0. The molecule has 0 fully saturated rings. The third-order valence-electron chi connectivity index (χ3n) is 2.58. The number of hydrogen-bond acceptors (Lipinski definition) is 4. The summed E-state index contributed by atoms with van der Waals surface area (Å²) in [5.74, 6) is 0.204. The molecule has 0 spiro atoms. The minimum atomic E-state index is -0.520. The topological polar surface area (TPSA) is 68.3 Å². The Morgan fingerprint density at radius 2 is 1.00 bits per heavy atom. The Hall–Kier alpha value is 2.58. The molecule has 0 saturated heterocycles. The summed E-state index contributed by atoms with van der Waals surface area (Å²) in [6.45, 7) is 19.0. The molecule has 0 bridgehead atoms. The minimum absolute atomic E-state index is 0. The number of ketones is 1. The fourth-order valence-electron chi connectivity index (χ4n) is 1.72. The van der Waals surface area contributed by atoms with E-state index in [-0.39, 0.29) is 159 Å². The molecule has 0 unspecified atom stereocenters. The zero-order valence-electron chi connectivity index (χ0n) is 20.8. The van der Waals surface area contributed by atoms with Gasteiger partial charge in [-0.2, -0.15) is 11.1 Å². The molecule has 0 aromatic heterocycles. The van der Waals surface area contributed by atoms with Gasteiger partial charge in [-0.25, -0.2) is 13.2 Å². The van der Waals surface area contributed by atoms with Crippen LogP contribution in [-0.2, 0) is 150 Å². The third kappa shape index (κ3) is 48.1. The van der Waals surface area contributed by atoms with Gasteiger partial charge in [0, 0.05) is 143 Å². The first-order valence-electron chi connectivity index (χ1n) is 7.29. The molecule has 0 aromatic carbocycles. The van der Waals surface area contributed by atoms with E-state index in [9.17, 15) is 19.2 Å². The first-order valence-corrected chi connectivity index (χ1v) is 7.29. The van der Waals surface area contributed by atoms with E-state index < -0.39 is 10.8 Å². The van der Waals surface area contributed by atoms with Crippen molar-refractivity contribution in [3.05, 3.63) is 46.6 Å². The molecular weight excluding hydrogens is 684 g/mol. The van der Waals surface area contributed by atoms with E-state index >= 15 is 0 Å². The number of carbonyl (C=O) groups is 1. The Labute approximate surface area is 288 Å². The van der Waals surface area contributed by atoms with E-state index in [1.807, 2.05) is 40.9 Å². The van der Waals surface area contributed by atoms with Crippen LogP contribution in [-0.4, -0.2) is 24.6 Å². The van der Waals surface area contributed by atoms with Crippen molar-refractivity contribution in [3.63, 3.8) is 0 Å². The summed E-state index contributed by atoms with van der Waals surface area (Å²) in [6.07, 6.45) is 6.24. The second-order valence-corrected chi connectivity index (χ2v) is 6.59. The van der Waals surface area contributed by atoms with Crippen molar-refractivity contribution >= 4 is 24.6 Å². The van der Waals surface area contributed by atoms with Crippen LogP contribution in [0.15, 0.2) is 24.3 Å². The van der Waals surface area contributed by atoms with Gasteiger partial charge < -0.3 is 36.7 Å². The quantitative estimate of drug-likeness (QED) is 0.268. The maximum absolute atomic E-state index is 11.5. The summed E-state index contributed by atoms with van der Waals surface area (Å²) in [5, 5.41) is 0. The fraction of sp³-hybridized carbons (Fsp3) is 0.500. The van der Waals surface area contributed by atoms with E-state index in [1.54, 1.807) is 26.4 Å². The summed E-state index contributed by atoms with van der Waals surface area (Å²) in [4.78, 5) is 40.6. The van der Waals surface area contributed by atoms with Gasteiger partial charge >= 0.3 is 0 Å². The second kappa shape index (κ2) is 36.2. The van der Waals surface area contributed by atoms with Crippen molar-refractivity contribution in [3.8, 4) is 0 Å². The number of hydrogen-bond donors (Lipinski definition) is 0. The van der Waals surface area contributed by atoms with Crippen LogP contribution in [0.25, 0.3) is 0 Å². The van der Waals surface area contributed by atoms with Gasteiger partial charge in [-0.15, -0.1) is 5.41 Å². The molecule has 0 rings (SSSR count). The van der Waals surface area contributed by atoms with Crippen LogP contribution in [0.3, 0.4) is 0 Å². The van der Waals surface area contributed by atoms with Gasteiger partial charge in [-0.1, -0.05) is 54.9 Å². The summed E-state index contributed by atoms with van der Waals surface area (Å²) < 4.78 is 0. The van der Waals surface area contributed by atoms with Crippen LogP contribution >= 0.6 is 0 Å². The van der Waals surface area contributed by atoms with Crippen LogP contribution in [0.4, 0.5) is 0 Å². The molecule has 4 nitrogen and oxygen atoms in total. The predicted octanol–water partition coefficient (Wildman–Crippen LogP) is 5.20. The Morgan fingerprint density at radius 1 is 0.767 bits per heavy atom. The molecule has 0 aliphatic rings. The SMILES string of the molecule is C=C(C)[C-]=O.C=C(C)[C-]=O.CCC(=O)C(C)(C)CC(C)(C)[C-]=O.[CH3-].[CH3-].[CH3-].[Y].[Y].[Y].[Y]. The largest absolute Gasteiger partial charge is 0.541 e. The van der Waals surface area contributed by atoms with Crippen molar-refractivity contribution in [1.82, 2.24) is 0 Å². The molecule has 8 heteroatoms.